The van der Waals surface area contributed by atoms with E-state index in [-0.39, 0.29) is 5.91 Å². The van der Waals surface area contributed by atoms with Gasteiger partial charge in [-0.15, -0.1) is 0 Å². The van der Waals surface area contributed by atoms with E-state index in [0.29, 0.717) is 12.5 Å². The minimum atomic E-state index is -0.757. The van der Waals surface area contributed by atoms with Crippen molar-refractivity contribution in [1.29, 1.82) is 0 Å². The Balaban J connectivity index is 2.60. The zero-order valence-corrected chi connectivity index (χ0v) is 9.12. The first-order valence-electron chi connectivity index (χ1n) is 5.36. The van der Waals surface area contributed by atoms with Gasteiger partial charge in [0.25, 0.3) is 0 Å². The maximum Gasteiger partial charge on any atom is 0.237 e. The lowest BCUT2D eigenvalue weighted by atomic mass is 9.98. The quantitative estimate of drug-likeness (QED) is 0.672. The number of hydrogen-bond acceptors (Lipinski definition) is 3. The molecule has 0 bridgehead atoms. The van der Waals surface area contributed by atoms with E-state index >= 15 is 0 Å². The van der Waals surface area contributed by atoms with Crippen LogP contribution in [0.15, 0.2) is 0 Å². The van der Waals surface area contributed by atoms with Gasteiger partial charge in [0.2, 0.25) is 5.91 Å². The van der Waals surface area contributed by atoms with Crippen molar-refractivity contribution in [2.75, 3.05) is 13.1 Å². The Morgan fingerprint density at radius 3 is 2.43 bits per heavy atom. The van der Waals surface area contributed by atoms with Crippen molar-refractivity contribution < 1.29 is 4.79 Å². The summed E-state index contributed by atoms with van der Waals surface area (Å²) in [6, 6.07) is 0.433. The number of carbonyl (C=O) groups excluding carboxylic acids is 1. The molecule has 4 N–H and O–H groups in total. The van der Waals surface area contributed by atoms with Gasteiger partial charge in [0.05, 0.1) is 5.54 Å². The second-order valence-electron chi connectivity index (χ2n) is 4.14. The van der Waals surface area contributed by atoms with Crippen LogP contribution in [0.4, 0.5) is 0 Å². The lowest BCUT2D eigenvalue weighted by Crippen LogP contribution is -2.51. The van der Waals surface area contributed by atoms with E-state index in [1.165, 1.54) is 0 Å². The summed E-state index contributed by atoms with van der Waals surface area (Å²) in [4.78, 5) is 13.5. The topological polar surface area (TPSA) is 72.3 Å². The summed E-state index contributed by atoms with van der Waals surface area (Å²) < 4.78 is 0. The summed E-state index contributed by atoms with van der Waals surface area (Å²) in [5.41, 5.74) is 10.5. The van der Waals surface area contributed by atoms with Crippen LogP contribution in [0.25, 0.3) is 0 Å². The van der Waals surface area contributed by atoms with Gasteiger partial charge in [0, 0.05) is 6.04 Å². The van der Waals surface area contributed by atoms with E-state index < -0.39 is 5.54 Å². The zero-order chi connectivity index (χ0) is 10.8. The fraction of sp³-hybridized carbons (Fsp3) is 0.900. The second kappa shape index (κ2) is 4.28. The first-order valence-corrected chi connectivity index (χ1v) is 5.36. The number of nitrogens with two attached hydrogens (primary N) is 2. The van der Waals surface area contributed by atoms with Crippen molar-refractivity contribution in [2.24, 2.45) is 11.5 Å². The summed E-state index contributed by atoms with van der Waals surface area (Å²) >= 11 is 0. The lowest BCUT2D eigenvalue weighted by Gasteiger charge is -2.27. The Bertz CT molecular complexity index is 215. The van der Waals surface area contributed by atoms with Crippen molar-refractivity contribution >= 4 is 5.91 Å². The summed E-state index contributed by atoms with van der Waals surface area (Å²) in [6.45, 7) is 6.28. The highest BCUT2D eigenvalue weighted by Crippen LogP contribution is 2.30. The number of primary amides is 1. The Hall–Kier alpha value is -0.610. The van der Waals surface area contributed by atoms with Gasteiger partial charge in [-0.2, -0.15) is 0 Å². The molecule has 4 heteroatoms. The third-order valence-electron chi connectivity index (χ3n) is 3.34. The average molecular weight is 199 g/mol. The van der Waals surface area contributed by atoms with Gasteiger partial charge in [0.1, 0.15) is 0 Å². The molecule has 1 rings (SSSR count). The molecule has 0 aromatic rings. The highest BCUT2D eigenvalue weighted by Gasteiger charge is 2.41. The van der Waals surface area contributed by atoms with Gasteiger partial charge in [-0.1, -0.05) is 13.8 Å². The standard InChI is InChI=1S/C10H21N3O/c1-3-13(4-2)8-5-6-10(12,7-8)9(11)14/h8H,3-7,12H2,1-2H3,(H2,11,14). The van der Waals surface area contributed by atoms with Gasteiger partial charge >= 0.3 is 0 Å². The predicted molar refractivity (Wildman–Crippen MR) is 56.7 cm³/mol. The maximum absolute atomic E-state index is 11.1. The van der Waals surface area contributed by atoms with E-state index in [9.17, 15) is 4.79 Å². The van der Waals surface area contributed by atoms with E-state index in [1.54, 1.807) is 0 Å². The third kappa shape index (κ3) is 2.07. The minimum Gasteiger partial charge on any atom is -0.368 e. The number of carbonyl (C=O) groups is 1. The molecule has 1 aliphatic rings. The highest BCUT2D eigenvalue weighted by atomic mass is 16.1. The van der Waals surface area contributed by atoms with Crippen LogP contribution in [0.5, 0.6) is 0 Å². The van der Waals surface area contributed by atoms with Crippen molar-refractivity contribution in [3.63, 3.8) is 0 Å². The van der Waals surface area contributed by atoms with Crippen LogP contribution >= 0.6 is 0 Å². The average Bonchev–Trinajstić information content (AvgIpc) is 2.52. The fourth-order valence-electron chi connectivity index (χ4n) is 2.32. The highest BCUT2D eigenvalue weighted by molar-refractivity contribution is 5.84. The lowest BCUT2D eigenvalue weighted by molar-refractivity contribution is -0.123. The summed E-state index contributed by atoms with van der Waals surface area (Å²) in [6.07, 6.45) is 2.43. The molecule has 1 saturated carbocycles. The molecule has 0 spiro atoms. The molecule has 4 nitrogen and oxygen atoms in total. The normalized spacial score (nSPS) is 32.4. The van der Waals surface area contributed by atoms with Crippen LogP contribution in [0.1, 0.15) is 33.1 Å². The van der Waals surface area contributed by atoms with Crippen molar-refractivity contribution in [3.05, 3.63) is 0 Å². The molecule has 0 aliphatic heterocycles. The molecular weight excluding hydrogens is 178 g/mol. The molecule has 82 valence electrons. The first kappa shape index (κ1) is 11.5. The molecular formula is C10H21N3O. The minimum absolute atomic E-state index is 0.354. The van der Waals surface area contributed by atoms with E-state index in [0.717, 1.165) is 25.9 Å². The monoisotopic (exact) mass is 199 g/mol. The van der Waals surface area contributed by atoms with E-state index in [4.69, 9.17) is 11.5 Å². The molecule has 2 atom stereocenters. The second-order valence-corrected chi connectivity index (χ2v) is 4.14. The summed E-state index contributed by atoms with van der Waals surface area (Å²) in [5, 5.41) is 0. The zero-order valence-electron chi connectivity index (χ0n) is 9.12. The van der Waals surface area contributed by atoms with Crippen molar-refractivity contribution in [1.82, 2.24) is 4.90 Å². The molecule has 0 saturated heterocycles. The van der Waals surface area contributed by atoms with E-state index in [2.05, 4.69) is 18.7 Å². The van der Waals surface area contributed by atoms with Crippen LogP contribution < -0.4 is 11.5 Å². The van der Waals surface area contributed by atoms with Gasteiger partial charge in [-0.05, 0) is 32.4 Å². The Kier molecular flexibility index (Phi) is 3.50. The molecule has 14 heavy (non-hydrogen) atoms. The Morgan fingerprint density at radius 2 is 2.07 bits per heavy atom. The molecule has 0 aromatic heterocycles. The fourth-order valence-corrected chi connectivity index (χ4v) is 2.32. The summed E-state index contributed by atoms with van der Waals surface area (Å²) in [5.74, 6) is -0.354. The van der Waals surface area contributed by atoms with Gasteiger partial charge in [0.15, 0.2) is 0 Å². The van der Waals surface area contributed by atoms with Crippen LogP contribution in [0.3, 0.4) is 0 Å². The van der Waals surface area contributed by atoms with Gasteiger partial charge in [-0.25, -0.2) is 0 Å². The molecule has 1 amide bonds. The molecule has 1 aliphatic carbocycles. The van der Waals surface area contributed by atoms with Crippen molar-refractivity contribution in [3.8, 4) is 0 Å². The Labute approximate surface area is 85.6 Å². The predicted octanol–water partition coefficient (Wildman–Crippen LogP) is 0.0635. The van der Waals surface area contributed by atoms with Crippen LogP contribution in [-0.4, -0.2) is 35.5 Å². The van der Waals surface area contributed by atoms with Crippen molar-refractivity contribution in [2.45, 2.75) is 44.7 Å². The van der Waals surface area contributed by atoms with Gasteiger partial charge < -0.3 is 16.4 Å². The number of hydrogen-bond donors (Lipinski definition) is 2. The van der Waals surface area contributed by atoms with Crippen LogP contribution in [-0.2, 0) is 4.79 Å². The first-order chi connectivity index (χ1) is 6.53. The molecule has 0 aromatic carbocycles. The molecule has 2 unspecified atom stereocenters. The molecule has 1 fully saturated rings. The smallest absolute Gasteiger partial charge is 0.237 e. The Morgan fingerprint density at radius 1 is 1.50 bits per heavy atom. The van der Waals surface area contributed by atoms with E-state index in [1.807, 2.05) is 0 Å². The van der Waals surface area contributed by atoms with Gasteiger partial charge in [-0.3, -0.25) is 4.79 Å². The summed E-state index contributed by atoms with van der Waals surface area (Å²) in [7, 11) is 0. The molecule has 0 heterocycles. The maximum atomic E-state index is 11.1. The number of amides is 1. The third-order valence-corrected chi connectivity index (χ3v) is 3.34. The largest absolute Gasteiger partial charge is 0.368 e. The number of rotatable bonds is 4. The van der Waals surface area contributed by atoms with Crippen LogP contribution in [0, 0.1) is 0 Å². The van der Waals surface area contributed by atoms with Crippen LogP contribution in [0.2, 0.25) is 0 Å². The SMILES string of the molecule is CCN(CC)C1CCC(N)(C(N)=O)C1. The molecule has 0 radical (unpaired) electrons. The number of nitrogens with zero attached hydrogens (tertiary/aromatic N) is 1.